The topological polar surface area (TPSA) is 16.8 Å². The van der Waals surface area contributed by atoms with Crippen LogP contribution in [-0.4, -0.2) is 4.98 Å². The fourth-order valence-corrected chi connectivity index (χ4v) is 1.74. The van der Waals surface area contributed by atoms with Crippen LogP contribution in [0.25, 0.3) is 5.82 Å². The molecule has 3 aromatic heterocycles. The van der Waals surface area contributed by atoms with E-state index in [4.69, 9.17) is 0 Å². The molecule has 0 fully saturated rings. The Labute approximate surface area is 105 Å². The molecule has 84 valence electrons. The Bertz CT molecular complexity index is 452. The summed E-state index contributed by atoms with van der Waals surface area (Å²) in [5, 5.41) is 4.08. The number of hydrogen-bond acceptors (Lipinski definition) is 2. The van der Waals surface area contributed by atoms with E-state index in [0.29, 0.717) is 0 Å². The van der Waals surface area contributed by atoms with Crippen LogP contribution < -0.4 is 4.57 Å². The highest BCUT2D eigenvalue weighted by atomic mass is 32.1. The Morgan fingerprint density at radius 3 is 2.12 bits per heavy atom. The van der Waals surface area contributed by atoms with Crippen molar-refractivity contribution < 1.29 is 4.57 Å². The molecule has 0 aliphatic rings. The Hall–Kier alpha value is -2.00. The van der Waals surface area contributed by atoms with Gasteiger partial charge in [-0.25, -0.2) is 4.57 Å². The second-order valence-corrected chi connectivity index (χ2v) is 4.08. The van der Waals surface area contributed by atoms with Crippen LogP contribution in [0, 0.1) is 0 Å². The number of pyridine rings is 2. The number of aromatic nitrogens is 2. The first-order chi connectivity index (χ1) is 8.47. The van der Waals surface area contributed by atoms with Crippen molar-refractivity contribution in [1.29, 1.82) is 0 Å². The molecule has 0 aliphatic heterocycles. The van der Waals surface area contributed by atoms with E-state index in [1.807, 2.05) is 76.3 Å². The maximum Gasteiger partial charge on any atom is 0.327 e. The van der Waals surface area contributed by atoms with Crippen molar-refractivity contribution in [2.45, 2.75) is 0 Å². The van der Waals surface area contributed by atoms with Crippen molar-refractivity contribution in [3.05, 3.63) is 77.9 Å². The lowest BCUT2D eigenvalue weighted by Crippen LogP contribution is -2.29. The first-order valence-corrected chi connectivity index (χ1v) is 6.26. The molecule has 0 N–H and O–H groups in total. The largest absolute Gasteiger partial charge is 0.327 e. The van der Waals surface area contributed by atoms with Gasteiger partial charge < -0.3 is 0 Å². The predicted octanol–water partition coefficient (Wildman–Crippen LogP) is 3.11. The molecule has 0 spiro atoms. The molecule has 0 amide bonds. The van der Waals surface area contributed by atoms with E-state index in [0.717, 1.165) is 5.82 Å². The molecule has 0 unspecified atom stereocenters. The molecule has 0 radical (unpaired) electrons. The van der Waals surface area contributed by atoms with Crippen LogP contribution >= 0.6 is 11.3 Å². The highest BCUT2D eigenvalue weighted by Crippen LogP contribution is 1.92. The third-order valence-corrected chi connectivity index (χ3v) is 2.68. The fraction of sp³-hybridized carbons (Fsp3) is 0. The van der Waals surface area contributed by atoms with Gasteiger partial charge in [-0.2, -0.15) is 11.3 Å². The van der Waals surface area contributed by atoms with Gasteiger partial charge in [-0.1, -0.05) is 24.3 Å². The first kappa shape index (κ1) is 11.5. The van der Waals surface area contributed by atoms with Crippen molar-refractivity contribution in [2.24, 2.45) is 0 Å². The monoisotopic (exact) mass is 241 g/mol. The average Bonchev–Trinajstić information content (AvgIpc) is 3.00. The highest BCUT2D eigenvalue weighted by Gasteiger charge is 2.01. The van der Waals surface area contributed by atoms with Gasteiger partial charge in [0.25, 0.3) is 0 Å². The van der Waals surface area contributed by atoms with Crippen molar-refractivity contribution in [1.82, 2.24) is 4.98 Å². The molecule has 2 nitrogen and oxygen atoms in total. The van der Waals surface area contributed by atoms with E-state index < -0.39 is 0 Å². The SMILES string of the molecule is c1cc[n+](-c2ccccn2)cc1.c1ccsc1. The summed E-state index contributed by atoms with van der Waals surface area (Å²) in [7, 11) is 0. The lowest BCUT2D eigenvalue weighted by molar-refractivity contribution is -0.599. The molecule has 0 bridgehead atoms. The van der Waals surface area contributed by atoms with Crippen LogP contribution in [-0.2, 0) is 0 Å². The minimum Gasteiger partial charge on any atom is -0.203 e. The predicted molar refractivity (Wildman–Crippen MR) is 70.1 cm³/mol. The highest BCUT2D eigenvalue weighted by molar-refractivity contribution is 7.07. The Morgan fingerprint density at radius 1 is 0.824 bits per heavy atom. The van der Waals surface area contributed by atoms with E-state index >= 15 is 0 Å². The Kier molecular flexibility index (Phi) is 4.43. The Balaban J connectivity index is 0.000000181. The smallest absolute Gasteiger partial charge is 0.203 e. The van der Waals surface area contributed by atoms with Gasteiger partial charge in [0.05, 0.1) is 12.4 Å². The summed E-state index contributed by atoms with van der Waals surface area (Å²) in [6.45, 7) is 0. The third kappa shape index (κ3) is 3.81. The normalized spacial score (nSPS) is 9.18. The zero-order chi connectivity index (χ0) is 11.8. The van der Waals surface area contributed by atoms with Gasteiger partial charge in [0.15, 0.2) is 0 Å². The number of thiophene rings is 1. The third-order valence-electron chi connectivity index (χ3n) is 2.05. The molecule has 0 saturated carbocycles. The molecule has 0 saturated heterocycles. The van der Waals surface area contributed by atoms with E-state index in [1.54, 1.807) is 17.5 Å². The van der Waals surface area contributed by atoms with Gasteiger partial charge in [0.1, 0.15) is 6.20 Å². The van der Waals surface area contributed by atoms with Gasteiger partial charge in [-0.05, 0) is 33.9 Å². The first-order valence-electron chi connectivity index (χ1n) is 5.32. The Morgan fingerprint density at radius 2 is 1.59 bits per heavy atom. The van der Waals surface area contributed by atoms with Gasteiger partial charge in [0.2, 0.25) is 0 Å². The molecule has 0 aromatic carbocycles. The van der Waals surface area contributed by atoms with Crippen LogP contribution in [0.2, 0.25) is 0 Å². The van der Waals surface area contributed by atoms with Crippen molar-refractivity contribution in [2.75, 3.05) is 0 Å². The molecule has 17 heavy (non-hydrogen) atoms. The zero-order valence-electron chi connectivity index (χ0n) is 9.31. The van der Waals surface area contributed by atoms with Crippen molar-refractivity contribution in [3.8, 4) is 5.82 Å². The lowest BCUT2D eigenvalue weighted by Gasteiger charge is -1.91. The van der Waals surface area contributed by atoms with Crippen LogP contribution in [0.3, 0.4) is 0 Å². The van der Waals surface area contributed by atoms with E-state index in [2.05, 4.69) is 4.98 Å². The van der Waals surface area contributed by atoms with Gasteiger partial charge >= 0.3 is 5.82 Å². The van der Waals surface area contributed by atoms with Crippen molar-refractivity contribution in [3.63, 3.8) is 0 Å². The maximum atomic E-state index is 4.21. The molecule has 0 atom stereocenters. The standard InChI is InChI=1S/C10H9N2.C4H4S/c1-4-8-12(9-5-1)10-6-2-3-7-11-10;1-2-4-5-3-1/h1-9H;1-4H/q+1;. The van der Waals surface area contributed by atoms with E-state index in [1.165, 1.54) is 0 Å². The summed E-state index contributed by atoms with van der Waals surface area (Å²) in [5.74, 6) is 0.943. The molecular formula is C14H13N2S+. The summed E-state index contributed by atoms with van der Waals surface area (Å²) in [4.78, 5) is 4.21. The van der Waals surface area contributed by atoms with Gasteiger partial charge in [-0.3, -0.25) is 0 Å². The van der Waals surface area contributed by atoms with Crippen LogP contribution in [0.1, 0.15) is 0 Å². The number of rotatable bonds is 1. The summed E-state index contributed by atoms with van der Waals surface area (Å²) in [5.41, 5.74) is 0. The second kappa shape index (κ2) is 6.55. The molecule has 3 aromatic rings. The summed E-state index contributed by atoms with van der Waals surface area (Å²) in [6.07, 6.45) is 5.74. The average molecular weight is 241 g/mol. The zero-order valence-corrected chi connectivity index (χ0v) is 10.1. The second-order valence-electron chi connectivity index (χ2n) is 3.26. The molecular weight excluding hydrogens is 228 g/mol. The summed E-state index contributed by atoms with van der Waals surface area (Å²) >= 11 is 1.71. The molecule has 3 rings (SSSR count). The fourth-order valence-electron chi connectivity index (χ4n) is 1.28. The molecule has 0 aliphatic carbocycles. The lowest BCUT2D eigenvalue weighted by atomic mass is 10.4. The minimum atomic E-state index is 0.943. The van der Waals surface area contributed by atoms with E-state index in [9.17, 15) is 0 Å². The molecule has 3 heterocycles. The van der Waals surface area contributed by atoms with Gasteiger partial charge in [0, 0.05) is 6.07 Å². The number of nitrogens with zero attached hydrogens (tertiary/aromatic N) is 2. The van der Waals surface area contributed by atoms with Crippen molar-refractivity contribution >= 4 is 11.3 Å². The van der Waals surface area contributed by atoms with Crippen LogP contribution in [0.5, 0.6) is 0 Å². The minimum absolute atomic E-state index is 0.943. The van der Waals surface area contributed by atoms with Crippen LogP contribution in [0.15, 0.2) is 77.9 Å². The van der Waals surface area contributed by atoms with Crippen LogP contribution in [0.4, 0.5) is 0 Å². The quantitative estimate of drug-likeness (QED) is 0.598. The maximum absolute atomic E-state index is 4.21. The molecule has 3 heteroatoms. The summed E-state index contributed by atoms with van der Waals surface area (Å²) < 4.78 is 1.97. The van der Waals surface area contributed by atoms with E-state index in [-0.39, 0.29) is 0 Å². The van der Waals surface area contributed by atoms with Gasteiger partial charge in [-0.15, -0.1) is 0 Å². The summed E-state index contributed by atoms with van der Waals surface area (Å²) in [6, 6.07) is 15.8. The number of hydrogen-bond donors (Lipinski definition) is 0.